The molecular formula is C11H11ClINO5. The van der Waals surface area contributed by atoms with Crippen molar-refractivity contribution in [3.05, 3.63) is 26.3 Å². The molecule has 0 spiro atoms. The van der Waals surface area contributed by atoms with E-state index in [0.717, 1.165) is 0 Å². The summed E-state index contributed by atoms with van der Waals surface area (Å²) in [7, 11) is 1.39. The van der Waals surface area contributed by atoms with Gasteiger partial charge in [-0.15, -0.1) is 0 Å². The van der Waals surface area contributed by atoms with Gasteiger partial charge in [-0.05, 0) is 34.7 Å². The molecule has 1 unspecified atom stereocenters. The predicted molar refractivity (Wildman–Crippen MR) is 76.7 cm³/mol. The zero-order chi connectivity index (χ0) is 14.6. The van der Waals surface area contributed by atoms with Gasteiger partial charge in [0.25, 0.3) is 5.91 Å². The monoisotopic (exact) mass is 399 g/mol. The number of carboxylic acid groups (broad SMARTS) is 1. The summed E-state index contributed by atoms with van der Waals surface area (Å²) in [5, 5.41) is 20.1. The summed E-state index contributed by atoms with van der Waals surface area (Å²) in [4.78, 5) is 22.7. The summed E-state index contributed by atoms with van der Waals surface area (Å²) in [6.07, 6.45) is 0. The molecule has 1 aromatic rings. The molecule has 1 aromatic carbocycles. The van der Waals surface area contributed by atoms with E-state index in [4.69, 9.17) is 26.6 Å². The van der Waals surface area contributed by atoms with Crippen molar-refractivity contribution in [3.8, 4) is 5.75 Å². The van der Waals surface area contributed by atoms with E-state index >= 15 is 0 Å². The Hall–Kier alpha value is -1.06. The van der Waals surface area contributed by atoms with Gasteiger partial charge >= 0.3 is 5.97 Å². The quantitative estimate of drug-likeness (QED) is 0.645. The van der Waals surface area contributed by atoms with E-state index in [-0.39, 0.29) is 11.3 Å². The molecule has 0 aliphatic heterocycles. The van der Waals surface area contributed by atoms with Crippen LogP contribution in [0.4, 0.5) is 0 Å². The standard InChI is InChI=1S/C11H11ClINO5/c1-19-9-3-7(13)6(12)2-5(9)10(16)14-8(4-15)11(17)18/h2-3,8,15H,4H2,1H3,(H,14,16)(H,17,18). The zero-order valence-corrected chi connectivity index (χ0v) is 12.7. The van der Waals surface area contributed by atoms with Crippen LogP contribution >= 0.6 is 34.2 Å². The lowest BCUT2D eigenvalue weighted by Crippen LogP contribution is -2.43. The van der Waals surface area contributed by atoms with Gasteiger partial charge in [0.2, 0.25) is 0 Å². The largest absolute Gasteiger partial charge is 0.496 e. The van der Waals surface area contributed by atoms with Crippen LogP contribution in [0, 0.1) is 3.57 Å². The zero-order valence-electron chi connectivity index (χ0n) is 9.81. The number of benzene rings is 1. The molecule has 0 bridgehead atoms. The molecule has 0 aromatic heterocycles. The number of halogens is 2. The number of aliphatic hydroxyl groups excluding tert-OH is 1. The van der Waals surface area contributed by atoms with Crippen LogP contribution in [0.25, 0.3) is 0 Å². The number of carbonyl (C=O) groups is 2. The summed E-state index contributed by atoms with van der Waals surface area (Å²) in [5.74, 6) is -1.74. The molecule has 19 heavy (non-hydrogen) atoms. The maximum Gasteiger partial charge on any atom is 0.328 e. The van der Waals surface area contributed by atoms with Crippen LogP contribution in [-0.2, 0) is 4.79 Å². The number of hydrogen-bond acceptors (Lipinski definition) is 4. The first-order chi connectivity index (χ1) is 8.90. The molecule has 0 aliphatic rings. The first-order valence-electron chi connectivity index (χ1n) is 5.08. The highest BCUT2D eigenvalue weighted by molar-refractivity contribution is 14.1. The number of nitrogens with one attached hydrogen (secondary N) is 1. The molecule has 0 aliphatic carbocycles. The Morgan fingerprint density at radius 1 is 1.53 bits per heavy atom. The van der Waals surface area contributed by atoms with Gasteiger partial charge in [0.05, 0.1) is 24.3 Å². The third-order valence-electron chi connectivity index (χ3n) is 2.27. The van der Waals surface area contributed by atoms with Gasteiger partial charge in [-0.1, -0.05) is 11.6 Å². The molecule has 3 N–H and O–H groups in total. The molecule has 6 nitrogen and oxygen atoms in total. The van der Waals surface area contributed by atoms with E-state index in [1.54, 1.807) is 6.07 Å². The summed E-state index contributed by atoms with van der Waals surface area (Å²) in [6.45, 7) is -0.707. The number of rotatable bonds is 5. The van der Waals surface area contributed by atoms with Crippen molar-refractivity contribution >= 4 is 46.1 Å². The highest BCUT2D eigenvalue weighted by Crippen LogP contribution is 2.28. The Balaban J connectivity index is 3.05. The number of hydrogen-bond donors (Lipinski definition) is 3. The molecule has 1 rings (SSSR count). The second-order valence-corrected chi connectivity index (χ2v) is 5.08. The smallest absolute Gasteiger partial charge is 0.328 e. The average Bonchev–Trinajstić information content (AvgIpc) is 2.37. The number of methoxy groups -OCH3 is 1. The van der Waals surface area contributed by atoms with Crippen LogP contribution in [0.15, 0.2) is 12.1 Å². The number of carbonyl (C=O) groups excluding carboxylic acids is 1. The fraction of sp³-hybridized carbons (Fsp3) is 0.273. The van der Waals surface area contributed by atoms with Crippen molar-refractivity contribution in [1.82, 2.24) is 5.32 Å². The first-order valence-corrected chi connectivity index (χ1v) is 6.54. The van der Waals surface area contributed by atoms with Crippen LogP contribution in [0.2, 0.25) is 5.02 Å². The van der Waals surface area contributed by atoms with Crippen molar-refractivity contribution in [2.75, 3.05) is 13.7 Å². The van der Waals surface area contributed by atoms with E-state index in [1.165, 1.54) is 13.2 Å². The Labute approximate surface area is 127 Å². The second kappa shape index (κ2) is 6.92. The Morgan fingerprint density at radius 2 is 2.16 bits per heavy atom. The summed E-state index contributed by atoms with van der Waals surface area (Å²) < 4.78 is 5.74. The normalized spacial score (nSPS) is 11.8. The predicted octanol–water partition coefficient (Wildman–Crippen LogP) is 1.13. The molecule has 0 heterocycles. The number of aliphatic carboxylic acids is 1. The lowest BCUT2D eigenvalue weighted by molar-refractivity contribution is -0.140. The van der Waals surface area contributed by atoms with Gasteiger partial charge in [0, 0.05) is 3.57 Å². The average molecular weight is 400 g/mol. The topological polar surface area (TPSA) is 95.9 Å². The van der Waals surface area contributed by atoms with Crippen molar-refractivity contribution in [3.63, 3.8) is 0 Å². The van der Waals surface area contributed by atoms with Crippen LogP contribution in [0.3, 0.4) is 0 Å². The van der Waals surface area contributed by atoms with E-state index < -0.39 is 24.5 Å². The molecule has 0 saturated carbocycles. The first kappa shape index (κ1) is 16.0. The lowest BCUT2D eigenvalue weighted by Gasteiger charge is -2.14. The number of amides is 1. The fourth-order valence-corrected chi connectivity index (χ4v) is 1.90. The minimum atomic E-state index is -1.38. The fourth-order valence-electron chi connectivity index (χ4n) is 1.30. The van der Waals surface area contributed by atoms with Crippen LogP contribution in [0.1, 0.15) is 10.4 Å². The van der Waals surface area contributed by atoms with E-state index in [2.05, 4.69) is 5.32 Å². The minimum Gasteiger partial charge on any atom is -0.496 e. The van der Waals surface area contributed by atoms with Gasteiger partial charge in [-0.25, -0.2) is 4.79 Å². The molecule has 8 heteroatoms. The second-order valence-electron chi connectivity index (χ2n) is 3.51. The molecule has 0 saturated heterocycles. The molecular weight excluding hydrogens is 388 g/mol. The Morgan fingerprint density at radius 3 is 2.63 bits per heavy atom. The van der Waals surface area contributed by atoms with E-state index in [9.17, 15) is 9.59 Å². The van der Waals surface area contributed by atoms with Crippen LogP contribution < -0.4 is 10.1 Å². The summed E-state index contributed by atoms with van der Waals surface area (Å²) >= 11 is 7.89. The third-order valence-corrected chi connectivity index (χ3v) is 3.80. The van der Waals surface area contributed by atoms with E-state index in [0.29, 0.717) is 8.59 Å². The minimum absolute atomic E-state index is 0.104. The SMILES string of the molecule is COc1cc(I)c(Cl)cc1C(=O)NC(CO)C(=O)O. The van der Waals surface area contributed by atoms with Gasteiger partial charge in [-0.3, -0.25) is 4.79 Å². The number of aliphatic hydroxyl groups is 1. The molecule has 1 amide bonds. The van der Waals surface area contributed by atoms with Gasteiger partial charge in [0.1, 0.15) is 5.75 Å². The highest BCUT2D eigenvalue weighted by Gasteiger charge is 2.22. The van der Waals surface area contributed by atoms with E-state index in [1.807, 2.05) is 22.6 Å². The van der Waals surface area contributed by atoms with Gasteiger partial charge in [0.15, 0.2) is 6.04 Å². The molecule has 104 valence electrons. The van der Waals surface area contributed by atoms with Crippen LogP contribution in [0.5, 0.6) is 5.75 Å². The Kier molecular flexibility index (Phi) is 5.83. The maximum absolute atomic E-state index is 11.9. The third kappa shape index (κ3) is 3.95. The molecule has 0 fully saturated rings. The Bertz CT molecular complexity index is 508. The van der Waals surface area contributed by atoms with Crippen molar-refractivity contribution < 1.29 is 24.5 Å². The lowest BCUT2D eigenvalue weighted by atomic mass is 10.1. The number of carboxylic acids is 1. The maximum atomic E-state index is 11.9. The summed E-state index contributed by atoms with van der Waals surface area (Å²) in [5.41, 5.74) is 0.104. The number of ether oxygens (including phenoxy) is 1. The van der Waals surface area contributed by atoms with Gasteiger partial charge in [-0.2, -0.15) is 0 Å². The van der Waals surface area contributed by atoms with Crippen molar-refractivity contribution in [2.45, 2.75) is 6.04 Å². The highest BCUT2D eigenvalue weighted by atomic mass is 127. The van der Waals surface area contributed by atoms with Gasteiger partial charge < -0.3 is 20.3 Å². The van der Waals surface area contributed by atoms with Crippen molar-refractivity contribution in [1.29, 1.82) is 0 Å². The molecule has 1 atom stereocenters. The van der Waals surface area contributed by atoms with Crippen LogP contribution in [-0.4, -0.2) is 41.8 Å². The summed E-state index contributed by atoms with van der Waals surface area (Å²) in [6, 6.07) is 1.57. The van der Waals surface area contributed by atoms with Crippen molar-refractivity contribution in [2.24, 2.45) is 0 Å². The molecule has 0 radical (unpaired) electrons.